The van der Waals surface area contributed by atoms with Crippen molar-refractivity contribution in [3.63, 3.8) is 0 Å². The molecule has 0 atom stereocenters. The maximum absolute atomic E-state index is 12.1. The van der Waals surface area contributed by atoms with Crippen LogP contribution < -0.4 is 10.1 Å². The van der Waals surface area contributed by atoms with Crippen molar-refractivity contribution in [2.75, 3.05) is 12.4 Å². The molecule has 0 saturated carbocycles. The molecule has 23 heavy (non-hydrogen) atoms. The summed E-state index contributed by atoms with van der Waals surface area (Å²) in [6.07, 6.45) is 0. The van der Waals surface area contributed by atoms with E-state index in [1.807, 2.05) is 0 Å². The van der Waals surface area contributed by atoms with Crippen LogP contribution in [-0.2, 0) is 6.54 Å². The standard InChI is InChI=1S/C16H15ClF2N2O2/c1-21(16(22)20-13-6-4-12(17)5-7-13)10-11-2-8-14(9-3-11)23-15(18)19/h2-9,15H,10H2,1H3,(H,20,22). The molecule has 0 bridgehead atoms. The zero-order valence-electron chi connectivity index (χ0n) is 12.3. The van der Waals surface area contributed by atoms with Gasteiger partial charge in [0.25, 0.3) is 0 Å². The summed E-state index contributed by atoms with van der Waals surface area (Å²) in [5.41, 5.74) is 1.42. The van der Waals surface area contributed by atoms with E-state index in [1.165, 1.54) is 17.0 Å². The molecule has 7 heteroatoms. The normalized spacial score (nSPS) is 10.5. The summed E-state index contributed by atoms with van der Waals surface area (Å²) in [4.78, 5) is 13.5. The number of urea groups is 1. The largest absolute Gasteiger partial charge is 0.435 e. The van der Waals surface area contributed by atoms with E-state index in [2.05, 4.69) is 10.1 Å². The van der Waals surface area contributed by atoms with Gasteiger partial charge in [-0.3, -0.25) is 0 Å². The molecule has 4 nitrogen and oxygen atoms in total. The zero-order valence-corrected chi connectivity index (χ0v) is 13.1. The number of hydrogen-bond donors (Lipinski definition) is 1. The molecule has 0 aliphatic heterocycles. The molecular formula is C16H15ClF2N2O2. The van der Waals surface area contributed by atoms with Crippen LogP contribution in [0.5, 0.6) is 5.75 Å². The molecule has 2 rings (SSSR count). The number of alkyl halides is 2. The first-order valence-corrected chi connectivity index (χ1v) is 7.13. The van der Waals surface area contributed by atoms with Crippen molar-refractivity contribution in [1.82, 2.24) is 4.90 Å². The van der Waals surface area contributed by atoms with Gasteiger partial charge in [-0.15, -0.1) is 0 Å². The maximum Gasteiger partial charge on any atom is 0.387 e. The highest BCUT2D eigenvalue weighted by atomic mass is 35.5. The predicted molar refractivity (Wildman–Crippen MR) is 85.0 cm³/mol. The lowest BCUT2D eigenvalue weighted by Crippen LogP contribution is -2.30. The molecule has 2 aromatic rings. The van der Waals surface area contributed by atoms with Crippen LogP contribution in [0.3, 0.4) is 0 Å². The molecule has 0 aliphatic carbocycles. The number of rotatable bonds is 5. The van der Waals surface area contributed by atoms with Crippen LogP contribution in [0.4, 0.5) is 19.3 Å². The minimum atomic E-state index is -2.85. The van der Waals surface area contributed by atoms with Crippen LogP contribution >= 0.6 is 11.6 Å². The van der Waals surface area contributed by atoms with Crippen molar-refractivity contribution in [2.24, 2.45) is 0 Å². The van der Waals surface area contributed by atoms with E-state index in [1.54, 1.807) is 43.4 Å². The molecule has 0 heterocycles. The molecule has 0 radical (unpaired) electrons. The van der Waals surface area contributed by atoms with E-state index < -0.39 is 6.61 Å². The third-order valence-electron chi connectivity index (χ3n) is 3.01. The Kier molecular flexibility index (Phi) is 5.76. The molecule has 0 fully saturated rings. The third-order valence-corrected chi connectivity index (χ3v) is 3.26. The first kappa shape index (κ1) is 17.0. The van der Waals surface area contributed by atoms with E-state index in [0.717, 1.165) is 5.56 Å². The summed E-state index contributed by atoms with van der Waals surface area (Å²) in [5, 5.41) is 3.32. The highest BCUT2D eigenvalue weighted by molar-refractivity contribution is 6.30. The Balaban J connectivity index is 1.91. The Bertz CT molecular complexity index is 648. The van der Waals surface area contributed by atoms with E-state index in [9.17, 15) is 13.6 Å². The van der Waals surface area contributed by atoms with Gasteiger partial charge in [0, 0.05) is 24.3 Å². The number of amides is 2. The van der Waals surface area contributed by atoms with Gasteiger partial charge >= 0.3 is 12.6 Å². The number of ether oxygens (including phenoxy) is 1. The molecule has 0 unspecified atom stereocenters. The SMILES string of the molecule is CN(Cc1ccc(OC(F)F)cc1)C(=O)Nc1ccc(Cl)cc1. The lowest BCUT2D eigenvalue weighted by molar-refractivity contribution is -0.0498. The lowest BCUT2D eigenvalue weighted by atomic mass is 10.2. The summed E-state index contributed by atoms with van der Waals surface area (Å²) < 4.78 is 28.4. The van der Waals surface area contributed by atoms with Gasteiger partial charge in [0.15, 0.2) is 0 Å². The summed E-state index contributed by atoms with van der Waals surface area (Å²) >= 11 is 5.78. The van der Waals surface area contributed by atoms with Crippen LogP contribution in [0, 0.1) is 0 Å². The third kappa shape index (κ3) is 5.41. The molecule has 122 valence electrons. The Labute approximate surface area is 137 Å². The van der Waals surface area contributed by atoms with Gasteiger partial charge in [-0.1, -0.05) is 23.7 Å². The smallest absolute Gasteiger partial charge is 0.387 e. The van der Waals surface area contributed by atoms with Crippen LogP contribution in [0.25, 0.3) is 0 Å². The molecule has 0 aliphatic rings. The minimum Gasteiger partial charge on any atom is -0.435 e. The van der Waals surface area contributed by atoms with Crippen molar-refractivity contribution in [1.29, 1.82) is 0 Å². The summed E-state index contributed by atoms with van der Waals surface area (Å²) in [7, 11) is 1.63. The molecule has 2 aromatic carbocycles. The van der Waals surface area contributed by atoms with E-state index in [4.69, 9.17) is 11.6 Å². The van der Waals surface area contributed by atoms with Crippen molar-refractivity contribution < 1.29 is 18.3 Å². The maximum atomic E-state index is 12.1. The zero-order chi connectivity index (χ0) is 16.8. The van der Waals surface area contributed by atoms with Gasteiger partial charge in [0.05, 0.1) is 0 Å². The average Bonchev–Trinajstić information content (AvgIpc) is 2.51. The van der Waals surface area contributed by atoms with E-state index in [0.29, 0.717) is 17.3 Å². The second-order valence-electron chi connectivity index (χ2n) is 4.82. The fraction of sp³-hybridized carbons (Fsp3) is 0.188. The number of nitrogens with one attached hydrogen (secondary N) is 1. The Morgan fingerprint density at radius 1 is 1.17 bits per heavy atom. The van der Waals surface area contributed by atoms with E-state index in [-0.39, 0.29) is 11.8 Å². The Hall–Kier alpha value is -2.34. The van der Waals surface area contributed by atoms with Crippen molar-refractivity contribution >= 4 is 23.3 Å². The van der Waals surface area contributed by atoms with Crippen LogP contribution in [0.15, 0.2) is 48.5 Å². The average molecular weight is 341 g/mol. The van der Waals surface area contributed by atoms with Gasteiger partial charge in [-0.25, -0.2) is 4.79 Å². The Morgan fingerprint density at radius 3 is 2.35 bits per heavy atom. The van der Waals surface area contributed by atoms with Crippen molar-refractivity contribution in [2.45, 2.75) is 13.2 Å². The first-order valence-electron chi connectivity index (χ1n) is 6.75. The molecule has 0 aromatic heterocycles. The number of nitrogens with zero attached hydrogens (tertiary/aromatic N) is 1. The fourth-order valence-electron chi connectivity index (χ4n) is 1.87. The number of carbonyl (C=O) groups is 1. The quantitative estimate of drug-likeness (QED) is 0.863. The predicted octanol–water partition coefficient (Wildman–Crippen LogP) is 4.61. The molecule has 0 spiro atoms. The minimum absolute atomic E-state index is 0.0806. The lowest BCUT2D eigenvalue weighted by Gasteiger charge is -2.18. The molecular weight excluding hydrogens is 326 g/mol. The van der Waals surface area contributed by atoms with Gasteiger partial charge in [-0.2, -0.15) is 8.78 Å². The first-order chi connectivity index (χ1) is 10.9. The van der Waals surface area contributed by atoms with Gasteiger partial charge in [0.1, 0.15) is 5.75 Å². The topological polar surface area (TPSA) is 41.6 Å². The summed E-state index contributed by atoms with van der Waals surface area (Å²) in [5.74, 6) is 0.0806. The molecule has 1 N–H and O–H groups in total. The van der Waals surface area contributed by atoms with Gasteiger partial charge in [0.2, 0.25) is 0 Å². The van der Waals surface area contributed by atoms with E-state index >= 15 is 0 Å². The number of anilines is 1. The van der Waals surface area contributed by atoms with Crippen LogP contribution in [-0.4, -0.2) is 24.6 Å². The molecule has 2 amide bonds. The fourth-order valence-corrected chi connectivity index (χ4v) is 2.00. The second kappa shape index (κ2) is 7.78. The van der Waals surface area contributed by atoms with Crippen LogP contribution in [0.1, 0.15) is 5.56 Å². The number of halogens is 3. The van der Waals surface area contributed by atoms with Gasteiger partial charge in [-0.05, 0) is 42.0 Å². The second-order valence-corrected chi connectivity index (χ2v) is 5.25. The van der Waals surface area contributed by atoms with Crippen LogP contribution in [0.2, 0.25) is 5.02 Å². The monoisotopic (exact) mass is 340 g/mol. The summed E-state index contributed by atoms with van der Waals surface area (Å²) in [6, 6.07) is 12.6. The number of carbonyl (C=O) groups excluding carboxylic acids is 1. The molecule has 0 saturated heterocycles. The Morgan fingerprint density at radius 2 is 1.78 bits per heavy atom. The summed E-state index contributed by atoms with van der Waals surface area (Å²) in [6.45, 7) is -2.53. The van der Waals surface area contributed by atoms with Crippen molar-refractivity contribution in [3.8, 4) is 5.75 Å². The highest BCUT2D eigenvalue weighted by Crippen LogP contribution is 2.17. The number of benzene rings is 2. The van der Waals surface area contributed by atoms with Gasteiger partial charge < -0.3 is 15.0 Å². The van der Waals surface area contributed by atoms with Crippen molar-refractivity contribution in [3.05, 3.63) is 59.1 Å². The highest BCUT2D eigenvalue weighted by Gasteiger charge is 2.10. The number of hydrogen-bond acceptors (Lipinski definition) is 2.